The fourth-order valence-corrected chi connectivity index (χ4v) is 1.78. The molecule has 1 aliphatic rings. The van der Waals surface area contributed by atoms with Crippen LogP contribution in [0.1, 0.15) is 40.5 Å². The smallest absolute Gasteiger partial charge is 0.330 e. The van der Waals surface area contributed by atoms with Crippen LogP contribution in [0.2, 0.25) is 0 Å². The van der Waals surface area contributed by atoms with Gasteiger partial charge in [0.15, 0.2) is 0 Å². The first-order valence-corrected chi connectivity index (χ1v) is 6.48. The van der Waals surface area contributed by atoms with Crippen molar-refractivity contribution in [2.24, 2.45) is 11.3 Å². The van der Waals surface area contributed by atoms with Gasteiger partial charge in [-0.25, -0.2) is 4.79 Å². The second-order valence-electron chi connectivity index (χ2n) is 5.68. The van der Waals surface area contributed by atoms with Gasteiger partial charge < -0.3 is 9.57 Å². The normalized spacial score (nSPS) is 22.5. The third kappa shape index (κ3) is 5.04. The zero-order valence-electron chi connectivity index (χ0n) is 11.5. The lowest BCUT2D eigenvalue weighted by atomic mass is 9.97. The summed E-state index contributed by atoms with van der Waals surface area (Å²) in [6.07, 6.45) is 2.22. The third-order valence-corrected chi connectivity index (χ3v) is 2.86. The Morgan fingerprint density at radius 2 is 2.12 bits per heavy atom. The Morgan fingerprint density at radius 3 is 2.71 bits per heavy atom. The number of hydroxylamine groups is 2. The van der Waals surface area contributed by atoms with E-state index >= 15 is 0 Å². The molecule has 1 atom stereocenters. The van der Waals surface area contributed by atoms with Gasteiger partial charge >= 0.3 is 5.97 Å². The number of piperidine rings is 1. The number of ether oxygens (including phenoxy) is 1. The largest absolute Gasteiger partial charge is 0.381 e. The Balaban J connectivity index is 2.37. The summed E-state index contributed by atoms with van der Waals surface area (Å²) in [6.45, 7) is 10.8. The van der Waals surface area contributed by atoms with Crippen molar-refractivity contribution in [1.29, 1.82) is 0 Å². The lowest BCUT2D eigenvalue weighted by Crippen LogP contribution is -2.41. The van der Waals surface area contributed by atoms with Crippen molar-refractivity contribution in [2.75, 3.05) is 26.3 Å². The summed E-state index contributed by atoms with van der Waals surface area (Å²) < 4.78 is 5.43. The third-order valence-electron chi connectivity index (χ3n) is 2.86. The van der Waals surface area contributed by atoms with Crippen LogP contribution in [0, 0.1) is 11.3 Å². The molecule has 0 aliphatic carbocycles. The quantitative estimate of drug-likeness (QED) is 0.759. The van der Waals surface area contributed by atoms with Crippen LogP contribution in [0.4, 0.5) is 0 Å². The molecule has 17 heavy (non-hydrogen) atoms. The Morgan fingerprint density at radius 1 is 1.41 bits per heavy atom. The van der Waals surface area contributed by atoms with Crippen LogP contribution in [-0.4, -0.2) is 37.3 Å². The maximum absolute atomic E-state index is 11.8. The molecule has 0 aromatic rings. The molecule has 4 nitrogen and oxygen atoms in total. The average molecular weight is 243 g/mol. The Bertz CT molecular complexity index is 248. The molecule has 4 heteroatoms. The van der Waals surface area contributed by atoms with Crippen LogP contribution in [-0.2, 0) is 14.4 Å². The summed E-state index contributed by atoms with van der Waals surface area (Å²) in [5.41, 5.74) is -0.438. The predicted molar refractivity (Wildman–Crippen MR) is 66.3 cm³/mol. The van der Waals surface area contributed by atoms with Crippen molar-refractivity contribution < 1.29 is 14.4 Å². The van der Waals surface area contributed by atoms with E-state index in [-0.39, 0.29) is 5.97 Å². The fourth-order valence-electron chi connectivity index (χ4n) is 1.78. The zero-order valence-corrected chi connectivity index (χ0v) is 11.5. The van der Waals surface area contributed by atoms with Crippen molar-refractivity contribution in [2.45, 2.75) is 40.5 Å². The van der Waals surface area contributed by atoms with Crippen molar-refractivity contribution in [3.05, 3.63) is 0 Å². The first kappa shape index (κ1) is 14.5. The maximum atomic E-state index is 11.8. The molecule has 0 radical (unpaired) electrons. The SMILES string of the molecule is CCOC[C@@H]1CCCN(OC(=O)C(C)(C)C)C1. The molecule has 1 aliphatic heterocycles. The first-order chi connectivity index (χ1) is 7.93. The molecule has 100 valence electrons. The molecule has 1 fully saturated rings. The van der Waals surface area contributed by atoms with E-state index in [9.17, 15) is 4.79 Å². The fraction of sp³-hybridized carbons (Fsp3) is 0.923. The molecular weight excluding hydrogens is 218 g/mol. The van der Waals surface area contributed by atoms with Gasteiger partial charge in [-0.3, -0.25) is 0 Å². The Hall–Kier alpha value is -0.610. The van der Waals surface area contributed by atoms with Gasteiger partial charge in [-0.2, -0.15) is 0 Å². The van der Waals surface area contributed by atoms with Gasteiger partial charge in [0.25, 0.3) is 0 Å². The number of carbonyl (C=O) groups excluding carboxylic acids is 1. The second-order valence-corrected chi connectivity index (χ2v) is 5.68. The van der Waals surface area contributed by atoms with Gasteiger partial charge in [0, 0.05) is 19.7 Å². The van der Waals surface area contributed by atoms with Crippen LogP contribution in [0.15, 0.2) is 0 Å². The van der Waals surface area contributed by atoms with Gasteiger partial charge in [0.1, 0.15) is 0 Å². The van der Waals surface area contributed by atoms with E-state index < -0.39 is 5.41 Å². The van der Waals surface area contributed by atoms with Gasteiger partial charge in [-0.05, 0) is 46.5 Å². The standard InChI is InChI=1S/C13H25NO3/c1-5-16-10-11-7-6-8-14(9-11)17-12(15)13(2,3)4/h11H,5-10H2,1-4H3/t11-/m1/s1. The van der Waals surface area contributed by atoms with Gasteiger partial charge in [0.05, 0.1) is 12.0 Å². The molecule has 0 amide bonds. The maximum Gasteiger partial charge on any atom is 0.330 e. The molecule has 0 N–H and O–H groups in total. The highest BCUT2D eigenvalue weighted by atomic mass is 16.7. The lowest BCUT2D eigenvalue weighted by molar-refractivity contribution is -0.209. The molecule has 1 saturated heterocycles. The number of carbonyl (C=O) groups is 1. The number of hydrogen-bond donors (Lipinski definition) is 0. The van der Waals surface area contributed by atoms with Crippen molar-refractivity contribution in [1.82, 2.24) is 5.06 Å². The Labute approximate surface area is 104 Å². The summed E-state index contributed by atoms with van der Waals surface area (Å²) in [5.74, 6) is 0.325. The van der Waals surface area contributed by atoms with Gasteiger partial charge in [0.2, 0.25) is 0 Å². The van der Waals surface area contributed by atoms with E-state index in [1.54, 1.807) is 5.06 Å². The van der Waals surface area contributed by atoms with Crippen molar-refractivity contribution in [3.63, 3.8) is 0 Å². The molecule has 0 aromatic heterocycles. The molecule has 0 saturated carbocycles. The van der Waals surface area contributed by atoms with Crippen LogP contribution in [0.5, 0.6) is 0 Å². The molecular formula is C13H25NO3. The number of hydrogen-bond acceptors (Lipinski definition) is 4. The molecule has 0 spiro atoms. The second kappa shape index (κ2) is 6.36. The topological polar surface area (TPSA) is 38.8 Å². The van der Waals surface area contributed by atoms with Gasteiger partial charge in [-0.15, -0.1) is 5.06 Å². The Kier molecular flexibility index (Phi) is 5.40. The van der Waals surface area contributed by atoms with Crippen LogP contribution in [0.3, 0.4) is 0 Å². The zero-order chi connectivity index (χ0) is 12.9. The van der Waals surface area contributed by atoms with E-state index in [0.29, 0.717) is 5.92 Å². The van der Waals surface area contributed by atoms with E-state index in [1.165, 1.54) is 0 Å². The molecule has 0 unspecified atom stereocenters. The monoisotopic (exact) mass is 243 g/mol. The number of rotatable bonds is 4. The predicted octanol–water partition coefficient (Wildman–Crippen LogP) is 2.24. The summed E-state index contributed by atoms with van der Waals surface area (Å²) in [5, 5.41) is 1.79. The first-order valence-electron chi connectivity index (χ1n) is 6.48. The molecule has 0 bridgehead atoms. The average Bonchev–Trinajstić information content (AvgIpc) is 2.25. The summed E-state index contributed by atoms with van der Waals surface area (Å²) in [6, 6.07) is 0. The molecule has 0 aromatic carbocycles. The lowest BCUT2D eigenvalue weighted by Gasteiger charge is -2.32. The highest BCUT2D eigenvalue weighted by Crippen LogP contribution is 2.21. The van der Waals surface area contributed by atoms with Crippen molar-refractivity contribution in [3.8, 4) is 0 Å². The van der Waals surface area contributed by atoms with Crippen LogP contribution in [0.25, 0.3) is 0 Å². The minimum atomic E-state index is -0.438. The summed E-state index contributed by atoms with van der Waals surface area (Å²) >= 11 is 0. The van der Waals surface area contributed by atoms with E-state index in [4.69, 9.17) is 9.57 Å². The molecule has 1 heterocycles. The highest BCUT2D eigenvalue weighted by Gasteiger charge is 2.28. The number of nitrogens with zero attached hydrogens (tertiary/aromatic N) is 1. The van der Waals surface area contributed by atoms with Crippen LogP contribution < -0.4 is 0 Å². The highest BCUT2D eigenvalue weighted by molar-refractivity contribution is 5.75. The summed E-state index contributed by atoms with van der Waals surface area (Å²) in [4.78, 5) is 17.2. The molecule has 1 rings (SSSR count). The van der Waals surface area contributed by atoms with E-state index in [2.05, 4.69) is 0 Å². The van der Waals surface area contributed by atoms with Crippen LogP contribution >= 0.6 is 0 Å². The minimum absolute atomic E-state index is 0.158. The minimum Gasteiger partial charge on any atom is -0.381 e. The van der Waals surface area contributed by atoms with E-state index in [1.807, 2.05) is 27.7 Å². The summed E-state index contributed by atoms with van der Waals surface area (Å²) in [7, 11) is 0. The van der Waals surface area contributed by atoms with Gasteiger partial charge in [-0.1, -0.05) is 0 Å². The van der Waals surface area contributed by atoms with Crippen molar-refractivity contribution >= 4 is 5.97 Å². The van der Waals surface area contributed by atoms with E-state index in [0.717, 1.165) is 39.1 Å².